The summed E-state index contributed by atoms with van der Waals surface area (Å²) in [5.74, 6) is -0.110. The van der Waals surface area contributed by atoms with Gasteiger partial charge in [0, 0.05) is 11.6 Å². The van der Waals surface area contributed by atoms with Crippen molar-refractivity contribution in [3.63, 3.8) is 0 Å². The summed E-state index contributed by atoms with van der Waals surface area (Å²) in [5, 5.41) is 7.80. The lowest BCUT2D eigenvalue weighted by Gasteiger charge is -2.08. The molecule has 0 atom stereocenters. The molecule has 0 radical (unpaired) electrons. The third-order valence-electron chi connectivity index (χ3n) is 4.38. The quantitative estimate of drug-likeness (QED) is 0.555. The molecule has 27 heavy (non-hydrogen) atoms. The van der Waals surface area contributed by atoms with Crippen molar-refractivity contribution in [2.75, 3.05) is 5.32 Å². The third-order valence-corrected chi connectivity index (χ3v) is 5.38. The number of benzene rings is 2. The number of halogens is 1. The summed E-state index contributed by atoms with van der Waals surface area (Å²) in [4.78, 5) is 17.0. The maximum atomic E-state index is 14.0. The van der Waals surface area contributed by atoms with Crippen molar-refractivity contribution in [3.05, 3.63) is 70.7 Å². The molecule has 2 aromatic heterocycles. The Labute approximate surface area is 159 Å². The molecule has 5 nitrogen and oxygen atoms in total. The van der Waals surface area contributed by atoms with Gasteiger partial charge in [-0.3, -0.25) is 4.79 Å². The number of amides is 1. The van der Waals surface area contributed by atoms with Crippen LogP contribution in [0.1, 0.15) is 27.2 Å². The summed E-state index contributed by atoms with van der Waals surface area (Å²) in [7, 11) is 0. The number of hydrogen-bond donors (Lipinski definition) is 1. The molecule has 0 aliphatic carbocycles. The van der Waals surface area contributed by atoms with Crippen LogP contribution >= 0.6 is 11.3 Å². The van der Waals surface area contributed by atoms with Gasteiger partial charge in [0.15, 0.2) is 0 Å². The lowest BCUT2D eigenvalue weighted by atomic mass is 10.1. The highest BCUT2D eigenvalue weighted by molar-refractivity contribution is 7.20. The Kier molecular flexibility index (Phi) is 4.24. The van der Waals surface area contributed by atoms with Crippen molar-refractivity contribution >= 4 is 33.3 Å². The molecule has 0 aliphatic rings. The molecule has 136 valence electrons. The van der Waals surface area contributed by atoms with Crippen molar-refractivity contribution in [3.8, 4) is 5.13 Å². The Balaban J connectivity index is 1.71. The molecular formula is C20H17FN4OS. The van der Waals surface area contributed by atoms with E-state index in [2.05, 4.69) is 15.4 Å². The molecule has 4 rings (SSSR count). The highest BCUT2D eigenvalue weighted by Gasteiger charge is 2.16. The van der Waals surface area contributed by atoms with E-state index in [4.69, 9.17) is 0 Å². The number of anilines is 1. The van der Waals surface area contributed by atoms with Gasteiger partial charge in [0.2, 0.25) is 5.13 Å². The van der Waals surface area contributed by atoms with Crippen LogP contribution < -0.4 is 5.32 Å². The first kappa shape index (κ1) is 17.4. The number of aryl methyl sites for hydroxylation is 3. The topological polar surface area (TPSA) is 59.8 Å². The largest absolute Gasteiger partial charge is 0.306 e. The van der Waals surface area contributed by atoms with Crippen LogP contribution in [0.2, 0.25) is 0 Å². The number of thiazole rings is 1. The molecule has 0 bridgehead atoms. The van der Waals surface area contributed by atoms with E-state index in [0.29, 0.717) is 22.0 Å². The first-order valence-electron chi connectivity index (χ1n) is 8.43. The van der Waals surface area contributed by atoms with Crippen LogP contribution in [-0.4, -0.2) is 20.7 Å². The fourth-order valence-corrected chi connectivity index (χ4v) is 3.74. The van der Waals surface area contributed by atoms with Crippen LogP contribution in [0.3, 0.4) is 0 Å². The second-order valence-corrected chi connectivity index (χ2v) is 7.43. The zero-order valence-corrected chi connectivity index (χ0v) is 15.9. The van der Waals surface area contributed by atoms with Crippen LogP contribution in [0, 0.1) is 26.6 Å². The van der Waals surface area contributed by atoms with E-state index in [1.54, 1.807) is 22.9 Å². The van der Waals surface area contributed by atoms with E-state index >= 15 is 0 Å². The summed E-state index contributed by atoms with van der Waals surface area (Å²) in [6.45, 7) is 5.80. The zero-order chi connectivity index (χ0) is 19.1. The Morgan fingerprint density at radius 3 is 2.67 bits per heavy atom. The predicted octanol–water partition coefficient (Wildman–Crippen LogP) is 4.80. The maximum absolute atomic E-state index is 14.0. The number of nitrogens with zero attached hydrogens (tertiary/aromatic N) is 3. The van der Waals surface area contributed by atoms with E-state index in [0.717, 1.165) is 21.5 Å². The average Bonchev–Trinajstić information content (AvgIpc) is 3.21. The molecule has 7 heteroatoms. The minimum absolute atomic E-state index is 0.230. The Bertz CT molecular complexity index is 1180. The first-order chi connectivity index (χ1) is 12.9. The molecule has 0 aliphatic heterocycles. The van der Waals surface area contributed by atoms with Gasteiger partial charge in [0.25, 0.3) is 5.91 Å². The number of aromatic nitrogens is 3. The molecule has 2 heterocycles. The van der Waals surface area contributed by atoms with Crippen molar-refractivity contribution in [2.24, 2.45) is 0 Å². The molecule has 0 unspecified atom stereocenters. The van der Waals surface area contributed by atoms with Gasteiger partial charge in [-0.25, -0.2) is 9.37 Å². The number of rotatable bonds is 3. The summed E-state index contributed by atoms with van der Waals surface area (Å²) < 4.78 is 16.2. The summed E-state index contributed by atoms with van der Waals surface area (Å²) in [6, 6.07) is 12.2. The molecule has 0 fully saturated rings. The van der Waals surface area contributed by atoms with Gasteiger partial charge >= 0.3 is 0 Å². The zero-order valence-electron chi connectivity index (χ0n) is 15.1. The number of fused-ring (bicyclic) bond motifs is 1. The van der Waals surface area contributed by atoms with Gasteiger partial charge in [0.05, 0.1) is 10.4 Å². The van der Waals surface area contributed by atoms with Gasteiger partial charge in [-0.05, 0) is 56.2 Å². The first-order valence-corrected chi connectivity index (χ1v) is 9.25. The second kappa shape index (κ2) is 6.59. The van der Waals surface area contributed by atoms with Gasteiger partial charge in [0.1, 0.15) is 17.2 Å². The van der Waals surface area contributed by atoms with E-state index in [1.165, 1.54) is 17.4 Å². The second-order valence-electron chi connectivity index (χ2n) is 6.42. The summed E-state index contributed by atoms with van der Waals surface area (Å²) >= 11 is 1.32. The SMILES string of the molecule is Cc1cc(NC(=O)c2ccc(C)c(C)c2)n(-c2nc3c(F)cccc3s2)n1. The monoisotopic (exact) mass is 380 g/mol. The highest BCUT2D eigenvalue weighted by atomic mass is 32.1. The van der Waals surface area contributed by atoms with Crippen LogP contribution in [-0.2, 0) is 0 Å². The van der Waals surface area contributed by atoms with Crippen molar-refractivity contribution in [1.82, 2.24) is 14.8 Å². The Morgan fingerprint density at radius 2 is 1.93 bits per heavy atom. The van der Waals surface area contributed by atoms with Gasteiger partial charge in [-0.1, -0.05) is 23.5 Å². The molecule has 4 aromatic rings. The Hall–Kier alpha value is -3.06. The van der Waals surface area contributed by atoms with Crippen molar-refractivity contribution in [2.45, 2.75) is 20.8 Å². The van der Waals surface area contributed by atoms with Crippen LogP contribution in [0.4, 0.5) is 10.2 Å². The maximum Gasteiger partial charge on any atom is 0.256 e. The van der Waals surface area contributed by atoms with Crippen LogP contribution in [0.25, 0.3) is 15.3 Å². The van der Waals surface area contributed by atoms with E-state index in [-0.39, 0.29) is 11.7 Å². The number of para-hydroxylation sites is 1. The van der Waals surface area contributed by atoms with Crippen LogP contribution in [0.15, 0.2) is 42.5 Å². The van der Waals surface area contributed by atoms with Gasteiger partial charge in [-0.2, -0.15) is 9.78 Å². The fourth-order valence-electron chi connectivity index (χ4n) is 2.80. The van der Waals surface area contributed by atoms with Crippen molar-refractivity contribution < 1.29 is 9.18 Å². The normalized spacial score (nSPS) is 11.1. The van der Waals surface area contributed by atoms with Crippen LogP contribution in [0.5, 0.6) is 0 Å². The van der Waals surface area contributed by atoms with Gasteiger partial charge < -0.3 is 5.32 Å². The number of nitrogens with one attached hydrogen (secondary N) is 1. The highest BCUT2D eigenvalue weighted by Crippen LogP contribution is 2.28. The molecule has 1 amide bonds. The lowest BCUT2D eigenvalue weighted by Crippen LogP contribution is -2.15. The lowest BCUT2D eigenvalue weighted by molar-refractivity contribution is 0.102. The molecule has 1 N–H and O–H groups in total. The number of carbonyl (C=O) groups is 1. The fraction of sp³-hybridized carbons (Fsp3) is 0.150. The molecule has 0 saturated heterocycles. The number of carbonyl (C=O) groups excluding carboxylic acids is 1. The van der Waals surface area contributed by atoms with E-state index < -0.39 is 0 Å². The standard InChI is InChI=1S/C20H17FN4OS/c1-11-7-8-14(9-12(11)2)19(26)22-17-10-13(3)24-25(17)20-23-18-15(21)5-4-6-16(18)27-20/h4-10H,1-3H3,(H,22,26). The van der Waals surface area contributed by atoms with E-state index in [1.807, 2.05) is 39.0 Å². The summed E-state index contributed by atoms with van der Waals surface area (Å²) in [6.07, 6.45) is 0. The smallest absolute Gasteiger partial charge is 0.256 e. The van der Waals surface area contributed by atoms with Crippen molar-refractivity contribution in [1.29, 1.82) is 0 Å². The minimum Gasteiger partial charge on any atom is -0.306 e. The molecule has 2 aromatic carbocycles. The molecule has 0 saturated carbocycles. The number of hydrogen-bond acceptors (Lipinski definition) is 4. The predicted molar refractivity (Wildman–Crippen MR) is 105 cm³/mol. The molecule has 0 spiro atoms. The minimum atomic E-state index is -0.375. The average molecular weight is 380 g/mol. The van der Waals surface area contributed by atoms with E-state index in [9.17, 15) is 9.18 Å². The third kappa shape index (κ3) is 3.21. The molecular weight excluding hydrogens is 363 g/mol. The Morgan fingerprint density at radius 1 is 1.11 bits per heavy atom. The summed E-state index contributed by atoms with van der Waals surface area (Å²) in [5.41, 5.74) is 3.78. The van der Waals surface area contributed by atoms with Gasteiger partial charge in [-0.15, -0.1) is 0 Å².